The van der Waals surface area contributed by atoms with Crippen LogP contribution in [0.4, 0.5) is 0 Å². The van der Waals surface area contributed by atoms with Gasteiger partial charge in [-0.3, -0.25) is 4.79 Å². The molecule has 0 atom stereocenters. The van der Waals surface area contributed by atoms with Crippen LogP contribution < -0.4 is 10.1 Å². The Morgan fingerprint density at radius 3 is 2.56 bits per heavy atom. The highest BCUT2D eigenvalue weighted by atomic mass is 16.5. The van der Waals surface area contributed by atoms with Gasteiger partial charge in [-0.05, 0) is 42.8 Å². The Morgan fingerprint density at radius 1 is 1.20 bits per heavy atom. The van der Waals surface area contributed by atoms with E-state index in [9.17, 15) is 9.59 Å². The van der Waals surface area contributed by atoms with Crippen molar-refractivity contribution in [2.75, 3.05) is 13.7 Å². The van der Waals surface area contributed by atoms with Crippen LogP contribution in [0.25, 0.3) is 6.08 Å². The Hall–Kier alpha value is -3.02. The van der Waals surface area contributed by atoms with Crippen molar-refractivity contribution in [1.82, 2.24) is 5.32 Å². The molecule has 1 N–H and O–H groups in total. The van der Waals surface area contributed by atoms with Gasteiger partial charge in [0, 0.05) is 11.6 Å². The van der Waals surface area contributed by atoms with Crippen molar-refractivity contribution in [2.45, 2.75) is 19.8 Å². The molecule has 1 amide bonds. The van der Waals surface area contributed by atoms with E-state index in [1.54, 1.807) is 36.4 Å². The van der Waals surface area contributed by atoms with Crippen LogP contribution in [-0.2, 0) is 9.53 Å². The van der Waals surface area contributed by atoms with E-state index in [-0.39, 0.29) is 5.70 Å². The molecule has 0 radical (unpaired) electrons. The van der Waals surface area contributed by atoms with E-state index in [1.165, 1.54) is 19.4 Å². The molecule has 2 aromatic rings. The van der Waals surface area contributed by atoms with E-state index < -0.39 is 11.9 Å². The van der Waals surface area contributed by atoms with Gasteiger partial charge in [-0.15, -0.1) is 0 Å². The number of carbonyl (C=O) groups excluding carboxylic acids is 2. The highest BCUT2D eigenvalue weighted by Gasteiger charge is 2.15. The van der Waals surface area contributed by atoms with E-state index in [0.29, 0.717) is 23.7 Å². The third-order valence-electron chi connectivity index (χ3n) is 3.37. The second-order valence-electron chi connectivity index (χ2n) is 5.25. The molecule has 6 nitrogen and oxygen atoms in total. The van der Waals surface area contributed by atoms with Gasteiger partial charge in [-0.1, -0.05) is 13.3 Å². The van der Waals surface area contributed by atoms with Crippen molar-refractivity contribution < 1.29 is 23.5 Å². The van der Waals surface area contributed by atoms with E-state index in [1.807, 2.05) is 0 Å². The van der Waals surface area contributed by atoms with Gasteiger partial charge in [-0.25, -0.2) is 4.79 Å². The topological polar surface area (TPSA) is 77.8 Å². The number of hydrogen-bond acceptors (Lipinski definition) is 5. The fraction of sp³-hybridized carbons (Fsp3) is 0.263. The van der Waals surface area contributed by atoms with Crippen LogP contribution in [0.1, 0.15) is 35.9 Å². The van der Waals surface area contributed by atoms with E-state index in [2.05, 4.69) is 17.0 Å². The van der Waals surface area contributed by atoms with Crippen LogP contribution in [0.15, 0.2) is 52.8 Å². The van der Waals surface area contributed by atoms with Crippen LogP contribution in [0, 0.1) is 0 Å². The number of carbonyl (C=O) groups is 2. The molecule has 0 aliphatic rings. The van der Waals surface area contributed by atoms with E-state index in [4.69, 9.17) is 9.15 Å². The van der Waals surface area contributed by atoms with Gasteiger partial charge in [0.25, 0.3) is 5.91 Å². The molecule has 0 saturated carbocycles. The fourth-order valence-electron chi connectivity index (χ4n) is 2.00. The van der Waals surface area contributed by atoms with Crippen molar-refractivity contribution in [1.29, 1.82) is 0 Å². The van der Waals surface area contributed by atoms with Crippen LogP contribution >= 0.6 is 0 Å². The Bertz CT molecular complexity index is 717. The molecule has 0 bridgehead atoms. The normalized spacial score (nSPS) is 11.0. The van der Waals surface area contributed by atoms with Gasteiger partial charge in [0.1, 0.15) is 17.2 Å². The van der Waals surface area contributed by atoms with Crippen molar-refractivity contribution in [2.24, 2.45) is 0 Å². The number of esters is 1. The number of rotatable bonds is 8. The number of hydrogen-bond donors (Lipinski definition) is 1. The first kappa shape index (κ1) is 18.3. The minimum absolute atomic E-state index is 0.00859. The maximum absolute atomic E-state index is 12.3. The first-order valence-electron chi connectivity index (χ1n) is 8.01. The summed E-state index contributed by atoms with van der Waals surface area (Å²) in [5.74, 6) is 0.0391. The lowest BCUT2D eigenvalue weighted by Crippen LogP contribution is -2.28. The van der Waals surface area contributed by atoms with Gasteiger partial charge >= 0.3 is 5.97 Å². The zero-order chi connectivity index (χ0) is 18.1. The first-order chi connectivity index (χ1) is 12.1. The third-order valence-corrected chi connectivity index (χ3v) is 3.37. The van der Waals surface area contributed by atoms with Gasteiger partial charge < -0.3 is 19.2 Å². The Morgan fingerprint density at radius 2 is 1.96 bits per heavy atom. The monoisotopic (exact) mass is 343 g/mol. The Kier molecular flexibility index (Phi) is 6.83. The predicted octanol–water partition coefficient (Wildman–Crippen LogP) is 3.40. The van der Waals surface area contributed by atoms with Crippen LogP contribution in [0.3, 0.4) is 0 Å². The number of amides is 1. The molecule has 0 unspecified atom stereocenters. The van der Waals surface area contributed by atoms with Crippen molar-refractivity contribution in [3.8, 4) is 5.75 Å². The van der Waals surface area contributed by atoms with Crippen LogP contribution in [-0.4, -0.2) is 25.6 Å². The largest absolute Gasteiger partial charge is 0.494 e. The maximum Gasteiger partial charge on any atom is 0.354 e. The smallest absolute Gasteiger partial charge is 0.354 e. The summed E-state index contributed by atoms with van der Waals surface area (Å²) in [5, 5.41) is 2.54. The third kappa shape index (κ3) is 5.53. The van der Waals surface area contributed by atoms with Crippen molar-refractivity contribution in [3.63, 3.8) is 0 Å². The van der Waals surface area contributed by atoms with Crippen molar-refractivity contribution in [3.05, 3.63) is 59.7 Å². The van der Waals surface area contributed by atoms with E-state index in [0.717, 1.165) is 12.8 Å². The van der Waals surface area contributed by atoms with Gasteiger partial charge in [0.2, 0.25) is 0 Å². The number of benzene rings is 1. The molecule has 0 aliphatic carbocycles. The first-order valence-corrected chi connectivity index (χ1v) is 8.01. The number of methoxy groups -OCH3 is 1. The zero-order valence-corrected chi connectivity index (χ0v) is 14.3. The Labute approximate surface area is 146 Å². The molecule has 0 aliphatic heterocycles. The molecule has 2 rings (SSSR count). The molecule has 0 fully saturated rings. The molecular formula is C19H21NO5. The summed E-state index contributed by atoms with van der Waals surface area (Å²) in [5.41, 5.74) is 0.391. The van der Waals surface area contributed by atoms with Crippen molar-refractivity contribution >= 4 is 18.0 Å². The highest BCUT2D eigenvalue weighted by molar-refractivity contribution is 6.03. The standard InChI is InChI=1S/C19H21NO5/c1-3-4-11-24-15-9-7-14(8-10-15)18(21)20-17(19(22)23-2)13-16-6-5-12-25-16/h5-10,12-13H,3-4,11H2,1-2H3,(H,20,21)/b17-13-. The molecule has 0 spiro atoms. The molecule has 0 saturated heterocycles. The second-order valence-corrected chi connectivity index (χ2v) is 5.25. The number of ether oxygens (including phenoxy) is 2. The molecule has 6 heteroatoms. The summed E-state index contributed by atoms with van der Waals surface area (Å²) >= 11 is 0. The zero-order valence-electron chi connectivity index (χ0n) is 14.3. The summed E-state index contributed by atoms with van der Waals surface area (Å²) in [6.07, 6.45) is 4.91. The molecule has 1 aromatic carbocycles. The summed E-state index contributed by atoms with van der Waals surface area (Å²) in [6.45, 7) is 2.73. The van der Waals surface area contributed by atoms with Crippen LogP contribution in [0.5, 0.6) is 5.75 Å². The van der Waals surface area contributed by atoms with Gasteiger partial charge in [0.15, 0.2) is 0 Å². The van der Waals surface area contributed by atoms with Crippen LogP contribution in [0.2, 0.25) is 0 Å². The lowest BCUT2D eigenvalue weighted by Gasteiger charge is -2.09. The predicted molar refractivity (Wildman–Crippen MR) is 93.0 cm³/mol. The van der Waals surface area contributed by atoms with Gasteiger partial charge in [-0.2, -0.15) is 0 Å². The Balaban J connectivity index is 2.06. The lowest BCUT2D eigenvalue weighted by atomic mass is 10.2. The average Bonchev–Trinajstić information content (AvgIpc) is 3.14. The highest BCUT2D eigenvalue weighted by Crippen LogP contribution is 2.14. The SMILES string of the molecule is CCCCOc1ccc(C(=O)N/C(=C\c2ccco2)C(=O)OC)cc1. The molecule has 1 aromatic heterocycles. The summed E-state index contributed by atoms with van der Waals surface area (Å²) in [4.78, 5) is 24.2. The van der Waals surface area contributed by atoms with Gasteiger partial charge in [0.05, 0.1) is 20.0 Å². The summed E-state index contributed by atoms with van der Waals surface area (Å²) in [6, 6.07) is 10.1. The summed E-state index contributed by atoms with van der Waals surface area (Å²) in [7, 11) is 1.24. The summed E-state index contributed by atoms with van der Waals surface area (Å²) < 4.78 is 15.4. The molecular weight excluding hydrogens is 322 g/mol. The molecule has 1 heterocycles. The minimum atomic E-state index is -0.663. The number of furan rings is 1. The second kappa shape index (κ2) is 9.32. The van der Waals surface area contributed by atoms with E-state index >= 15 is 0 Å². The quantitative estimate of drug-likeness (QED) is 0.451. The molecule has 132 valence electrons. The maximum atomic E-state index is 12.3. The average molecular weight is 343 g/mol. The lowest BCUT2D eigenvalue weighted by molar-refractivity contribution is -0.136. The minimum Gasteiger partial charge on any atom is -0.494 e. The number of unbranched alkanes of at least 4 members (excludes halogenated alkanes) is 1. The fourth-order valence-corrected chi connectivity index (χ4v) is 2.00. The number of nitrogens with one attached hydrogen (secondary N) is 1. The molecule has 25 heavy (non-hydrogen) atoms.